The largest absolute Gasteiger partial charge is 0.477 e. The molecule has 9 nitrogen and oxygen atoms in total. The number of quaternary nitrogens is 1. The number of likely N-dealkylation sites (N-methyl/N-ethyl adjacent to an activating group) is 1. The summed E-state index contributed by atoms with van der Waals surface area (Å²) < 4.78 is 22.9. The topological polar surface area (TPSA) is 108 Å². The molecule has 75 heavy (non-hydrogen) atoms. The molecule has 0 heterocycles. The molecule has 0 saturated heterocycles. The molecule has 0 aliphatic rings. The summed E-state index contributed by atoms with van der Waals surface area (Å²) in [5.74, 6) is -2.02. The van der Waals surface area contributed by atoms with Gasteiger partial charge in [0.2, 0.25) is 0 Å². The van der Waals surface area contributed by atoms with Crippen LogP contribution in [0.5, 0.6) is 0 Å². The van der Waals surface area contributed by atoms with E-state index in [0.29, 0.717) is 23.9 Å². The molecule has 2 unspecified atom stereocenters. The van der Waals surface area contributed by atoms with Crippen molar-refractivity contribution in [2.45, 2.75) is 257 Å². The molecule has 430 valence electrons. The van der Waals surface area contributed by atoms with Crippen molar-refractivity contribution in [2.24, 2.45) is 0 Å². The van der Waals surface area contributed by atoms with Crippen LogP contribution in [0.4, 0.5) is 0 Å². The second-order valence-corrected chi connectivity index (χ2v) is 21.3. The van der Waals surface area contributed by atoms with Gasteiger partial charge in [-0.1, -0.05) is 233 Å². The minimum absolute atomic E-state index is 0.182. The number of carbonyl (C=O) groups is 3. The molecule has 0 rings (SSSR count). The van der Waals surface area contributed by atoms with Crippen molar-refractivity contribution in [1.82, 2.24) is 0 Å². The van der Waals surface area contributed by atoms with Gasteiger partial charge in [0.15, 0.2) is 6.10 Å². The van der Waals surface area contributed by atoms with E-state index in [2.05, 4.69) is 111 Å². The number of carbonyl (C=O) groups excluding carboxylic acids is 2. The first-order valence-electron chi connectivity index (χ1n) is 30.4. The molecule has 0 saturated carbocycles. The van der Waals surface area contributed by atoms with E-state index < -0.39 is 24.3 Å². The van der Waals surface area contributed by atoms with Gasteiger partial charge in [-0.15, -0.1) is 0 Å². The Kier molecular flexibility index (Phi) is 53.6. The molecule has 0 aliphatic heterocycles. The summed E-state index contributed by atoms with van der Waals surface area (Å²) in [5.41, 5.74) is 0. The third kappa shape index (κ3) is 57.7. The number of ether oxygens (including phenoxy) is 4. The summed E-state index contributed by atoms with van der Waals surface area (Å²) in [6.07, 6.45) is 73.4. The van der Waals surface area contributed by atoms with Crippen molar-refractivity contribution in [3.63, 3.8) is 0 Å². The van der Waals surface area contributed by atoms with Crippen molar-refractivity contribution >= 4 is 17.9 Å². The van der Waals surface area contributed by atoms with Crippen LogP contribution in [-0.4, -0.2) is 87.4 Å². The number of hydrogen-bond acceptors (Lipinski definition) is 7. The van der Waals surface area contributed by atoms with Crippen LogP contribution in [-0.2, 0) is 33.3 Å². The zero-order chi connectivity index (χ0) is 54.8. The Morgan fingerprint density at radius 3 is 1.15 bits per heavy atom. The first kappa shape index (κ1) is 71.2. The standard InChI is InChI=1S/C66H113NO8/c1-6-8-10-12-14-16-18-20-22-24-26-27-28-29-30-31-32-33-34-35-36-37-39-41-43-45-47-49-51-53-55-57-64(69)75-62(61-74-66(65(70)71)72-59-58-67(3,4)5)60-73-63(68)56-54-52-50-48-46-44-42-40-38-25-23-21-19-17-15-13-11-9-7-2/h8,10,14,16,20-23,26-27,29-30,32-33,35-36,62,66H,6-7,9,11-13,15,17-19,24-25,28,31,34,37-61H2,1-5H3/p+1/b10-8-,16-14-,22-20-,23-21-,27-26-,30-29-,33-32-,36-35-. The average molecular weight is 1050 g/mol. The van der Waals surface area contributed by atoms with Crippen LogP contribution in [0.3, 0.4) is 0 Å². The molecule has 0 amide bonds. The van der Waals surface area contributed by atoms with Gasteiger partial charge in [0.25, 0.3) is 6.29 Å². The Morgan fingerprint density at radius 1 is 0.413 bits per heavy atom. The van der Waals surface area contributed by atoms with Gasteiger partial charge in [-0.2, -0.15) is 0 Å². The van der Waals surface area contributed by atoms with E-state index in [1.54, 1.807) is 0 Å². The molecule has 0 fully saturated rings. The van der Waals surface area contributed by atoms with Gasteiger partial charge in [-0.3, -0.25) is 9.59 Å². The lowest BCUT2D eigenvalue weighted by Crippen LogP contribution is -2.40. The number of nitrogens with zero attached hydrogens (tertiary/aromatic N) is 1. The maximum Gasteiger partial charge on any atom is 0.361 e. The summed E-state index contributed by atoms with van der Waals surface area (Å²) in [6, 6.07) is 0. The fourth-order valence-electron chi connectivity index (χ4n) is 8.16. The Balaban J connectivity index is 4.24. The van der Waals surface area contributed by atoms with Gasteiger partial charge in [-0.05, 0) is 96.3 Å². The van der Waals surface area contributed by atoms with Crippen LogP contribution in [0, 0.1) is 0 Å². The third-order valence-corrected chi connectivity index (χ3v) is 12.8. The van der Waals surface area contributed by atoms with Gasteiger partial charge in [-0.25, -0.2) is 4.79 Å². The fourth-order valence-corrected chi connectivity index (χ4v) is 8.16. The molecule has 0 aromatic rings. The first-order valence-corrected chi connectivity index (χ1v) is 30.4. The lowest BCUT2D eigenvalue weighted by atomic mass is 10.1. The van der Waals surface area contributed by atoms with E-state index in [-0.39, 0.29) is 32.2 Å². The van der Waals surface area contributed by atoms with Gasteiger partial charge in [0.1, 0.15) is 13.2 Å². The van der Waals surface area contributed by atoms with Crippen molar-refractivity contribution in [3.8, 4) is 0 Å². The summed E-state index contributed by atoms with van der Waals surface area (Å²) in [7, 11) is 5.96. The van der Waals surface area contributed by atoms with Crippen LogP contribution < -0.4 is 0 Å². The summed E-state index contributed by atoms with van der Waals surface area (Å²) in [4.78, 5) is 37.5. The molecule has 9 heteroatoms. The van der Waals surface area contributed by atoms with E-state index >= 15 is 0 Å². The Bertz CT molecular complexity index is 1550. The normalized spacial score (nSPS) is 13.5. The molecular weight excluding hydrogens is 935 g/mol. The molecule has 0 aliphatic carbocycles. The molecule has 2 atom stereocenters. The van der Waals surface area contributed by atoms with Crippen molar-refractivity contribution in [2.75, 3.05) is 47.5 Å². The van der Waals surface area contributed by atoms with Crippen LogP contribution in [0.25, 0.3) is 0 Å². The molecule has 0 spiro atoms. The zero-order valence-corrected chi connectivity index (χ0v) is 48.9. The molecule has 0 aromatic heterocycles. The lowest BCUT2D eigenvalue weighted by molar-refractivity contribution is -0.870. The maximum absolute atomic E-state index is 12.9. The summed E-state index contributed by atoms with van der Waals surface area (Å²) in [6.45, 7) is 4.76. The number of carboxylic acids is 1. The van der Waals surface area contributed by atoms with E-state index in [4.69, 9.17) is 18.9 Å². The highest BCUT2D eigenvalue weighted by Gasteiger charge is 2.25. The number of aliphatic carboxylic acids is 1. The monoisotopic (exact) mass is 1050 g/mol. The highest BCUT2D eigenvalue weighted by atomic mass is 16.7. The fraction of sp³-hybridized carbons (Fsp3) is 0.712. The van der Waals surface area contributed by atoms with Crippen LogP contribution in [0.2, 0.25) is 0 Å². The summed E-state index contributed by atoms with van der Waals surface area (Å²) >= 11 is 0. The molecule has 1 N–H and O–H groups in total. The average Bonchev–Trinajstić information content (AvgIpc) is 3.38. The molecule has 0 bridgehead atoms. The van der Waals surface area contributed by atoms with Crippen LogP contribution >= 0.6 is 0 Å². The van der Waals surface area contributed by atoms with Crippen LogP contribution in [0.1, 0.15) is 245 Å². The van der Waals surface area contributed by atoms with E-state index in [0.717, 1.165) is 89.9 Å². The number of esters is 2. The van der Waals surface area contributed by atoms with Gasteiger partial charge in [0.05, 0.1) is 34.4 Å². The highest BCUT2D eigenvalue weighted by molar-refractivity contribution is 5.71. The van der Waals surface area contributed by atoms with Gasteiger partial charge >= 0.3 is 17.9 Å². The van der Waals surface area contributed by atoms with Crippen LogP contribution in [0.15, 0.2) is 97.2 Å². The Labute approximate surface area is 461 Å². The maximum atomic E-state index is 12.9. The zero-order valence-electron chi connectivity index (χ0n) is 48.9. The SMILES string of the molecule is CC/C=C\C/C=C\C/C=C\C/C=C\C/C=C\C/C=C\C/C=C\CCCCCCCCCCCC(=O)OC(COC(=O)CCCCCCCCCCC/C=C\CCCCCCCC)COC(OCC[N+](C)(C)C)C(=O)O. The highest BCUT2D eigenvalue weighted by Crippen LogP contribution is 2.15. The van der Waals surface area contributed by atoms with E-state index in [1.165, 1.54) is 122 Å². The van der Waals surface area contributed by atoms with Gasteiger partial charge in [0, 0.05) is 12.8 Å². The quantitative estimate of drug-likeness (QED) is 0.0211. The number of unbranched alkanes of at least 4 members (excludes halogenated alkanes) is 24. The second-order valence-electron chi connectivity index (χ2n) is 21.3. The number of allylic oxidation sites excluding steroid dienone is 16. The smallest absolute Gasteiger partial charge is 0.361 e. The van der Waals surface area contributed by atoms with Crippen molar-refractivity contribution in [1.29, 1.82) is 0 Å². The van der Waals surface area contributed by atoms with E-state index in [9.17, 15) is 19.5 Å². The molecular formula is C66H114NO8+. The number of carboxylic acid groups (broad SMARTS) is 1. The third-order valence-electron chi connectivity index (χ3n) is 12.8. The minimum atomic E-state index is -1.52. The van der Waals surface area contributed by atoms with Crippen molar-refractivity contribution in [3.05, 3.63) is 97.2 Å². The molecule has 0 aromatic carbocycles. The predicted molar refractivity (Wildman–Crippen MR) is 318 cm³/mol. The van der Waals surface area contributed by atoms with Crippen molar-refractivity contribution < 1.29 is 42.9 Å². The first-order chi connectivity index (χ1) is 36.6. The van der Waals surface area contributed by atoms with Gasteiger partial charge < -0.3 is 28.5 Å². The van der Waals surface area contributed by atoms with E-state index in [1.807, 2.05) is 21.1 Å². The Hall–Kier alpha value is -3.79. The summed E-state index contributed by atoms with van der Waals surface area (Å²) in [5, 5.41) is 9.71. The lowest BCUT2D eigenvalue weighted by Gasteiger charge is -2.25. The number of hydrogen-bond donors (Lipinski definition) is 1. The predicted octanol–water partition coefficient (Wildman–Crippen LogP) is 18.1. The minimum Gasteiger partial charge on any atom is -0.477 e. The Morgan fingerprint density at radius 2 is 0.760 bits per heavy atom. The second kappa shape index (κ2) is 56.4. The molecule has 0 radical (unpaired) electrons. The number of rotatable bonds is 55.